The van der Waals surface area contributed by atoms with Gasteiger partial charge in [-0.25, -0.2) is 8.78 Å². The molecule has 5 heteroatoms. The number of benzene rings is 2. The highest BCUT2D eigenvalue weighted by Crippen LogP contribution is 2.24. The molecule has 2 aromatic rings. The summed E-state index contributed by atoms with van der Waals surface area (Å²) in [6.45, 7) is 0.160. The molecule has 100 valence electrons. The van der Waals surface area contributed by atoms with E-state index in [0.29, 0.717) is 0 Å². The summed E-state index contributed by atoms with van der Waals surface area (Å²) in [5.74, 6) is -0.953. The summed E-state index contributed by atoms with van der Waals surface area (Å²) < 4.78 is 27.8. The summed E-state index contributed by atoms with van der Waals surface area (Å²) in [5.41, 5.74) is 6.66. The molecule has 0 fully saturated rings. The van der Waals surface area contributed by atoms with Crippen LogP contribution < -0.4 is 11.1 Å². The first-order valence-corrected chi connectivity index (χ1v) is 6.56. The van der Waals surface area contributed by atoms with E-state index in [2.05, 4.69) is 21.2 Å². The van der Waals surface area contributed by atoms with E-state index in [4.69, 9.17) is 5.73 Å². The Kier molecular flexibility index (Phi) is 4.50. The van der Waals surface area contributed by atoms with Gasteiger partial charge in [-0.2, -0.15) is 0 Å². The van der Waals surface area contributed by atoms with Crippen molar-refractivity contribution in [3.63, 3.8) is 0 Å². The molecule has 0 aliphatic carbocycles. The van der Waals surface area contributed by atoms with Gasteiger partial charge in [0, 0.05) is 22.3 Å². The zero-order valence-corrected chi connectivity index (χ0v) is 11.6. The molecule has 0 aliphatic rings. The quantitative estimate of drug-likeness (QED) is 0.895. The Morgan fingerprint density at radius 1 is 1.16 bits per heavy atom. The number of nitrogens with one attached hydrogen (secondary N) is 1. The standard InChI is InChI=1S/C14H13BrF2N2/c15-9-2-1-3-11(6-9)19-14(8-18)12-7-10(16)4-5-13(12)17/h1-7,14,19H,8,18H2. The molecule has 1 unspecified atom stereocenters. The van der Waals surface area contributed by atoms with Gasteiger partial charge >= 0.3 is 0 Å². The van der Waals surface area contributed by atoms with E-state index >= 15 is 0 Å². The lowest BCUT2D eigenvalue weighted by molar-refractivity contribution is 0.572. The Morgan fingerprint density at radius 2 is 1.95 bits per heavy atom. The van der Waals surface area contributed by atoms with E-state index in [1.807, 2.05) is 24.3 Å². The molecular weight excluding hydrogens is 314 g/mol. The van der Waals surface area contributed by atoms with Crippen molar-refractivity contribution in [1.82, 2.24) is 0 Å². The molecule has 0 saturated heterocycles. The van der Waals surface area contributed by atoms with Crippen LogP contribution in [0.5, 0.6) is 0 Å². The van der Waals surface area contributed by atoms with Gasteiger partial charge in [0.1, 0.15) is 11.6 Å². The molecule has 0 saturated carbocycles. The van der Waals surface area contributed by atoms with Crippen LogP contribution in [0.1, 0.15) is 11.6 Å². The molecule has 1 atom stereocenters. The first-order valence-electron chi connectivity index (χ1n) is 5.77. The van der Waals surface area contributed by atoms with E-state index in [1.54, 1.807) is 0 Å². The third-order valence-electron chi connectivity index (χ3n) is 2.73. The van der Waals surface area contributed by atoms with Crippen LogP contribution >= 0.6 is 15.9 Å². The highest BCUT2D eigenvalue weighted by Gasteiger charge is 2.15. The number of anilines is 1. The summed E-state index contributed by atoms with van der Waals surface area (Å²) in [4.78, 5) is 0. The Hall–Kier alpha value is -1.46. The van der Waals surface area contributed by atoms with Gasteiger partial charge in [-0.3, -0.25) is 0 Å². The van der Waals surface area contributed by atoms with Gasteiger partial charge in [0.05, 0.1) is 6.04 Å². The second-order valence-electron chi connectivity index (χ2n) is 4.11. The van der Waals surface area contributed by atoms with Crippen molar-refractivity contribution in [3.05, 3.63) is 64.1 Å². The van der Waals surface area contributed by atoms with Gasteiger partial charge in [0.25, 0.3) is 0 Å². The first kappa shape index (κ1) is 14.0. The van der Waals surface area contributed by atoms with Crippen molar-refractivity contribution in [2.24, 2.45) is 5.73 Å². The van der Waals surface area contributed by atoms with Crippen molar-refractivity contribution in [2.75, 3.05) is 11.9 Å². The molecule has 2 rings (SSSR count). The first-order chi connectivity index (χ1) is 9.10. The van der Waals surface area contributed by atoms with Gasteiger partial charge in [0.15, 0.2) is 0 Å². The maximum Gasteiger partial charge on any atom is 0.128 e. The molecule has 0 aliphatic heterocycles. The Bertz CT molecular complexity index is 575. The summed E-state index contributed by atoms with van der Waals surface area (Å²) in [7, 11) is 0. The van der Waals surface area contributed by atoms with Crippen molar-refractivity contribution in [2.45, 2.75) is 6.04 Å². The van der Waals surface area contributed by atoms with Crippen molar-refractivity contribution in [3.8, 4) is 0 Å². The number of hydrogen-bond donors (Lipinski definition) is 2. The lowest BCUT2D eigenvalue weighted by Gasteiger charge is -2.19. The average Bonchev–Trinajstić information content (AvgIpc) is 2.39. The van der Waals surface area contributed by atoms with E-state index in [0.717, 1.165) is 28.4 Å². The smallest absolute Gasteiger partial charge is 0.128 e. The van der Waals surface area contributed by atoms with Gasteiger partial charge in [0.2, 0.25) is 0 Å². The van der Waals surface area contributed by atoms with E-state index in [-0.39, 0.29) is 12.1 Å². The summed E-state index contributed by atoms with van der Waals surface area (Å²) in [6, 6.07) is 10.3. The molecular formula is C14H13BrF2N2. The Balaban J connectivity index is 2.27. The number of hydrogen-bond acceptors (Lipinski definition) is 2. The second-order valence-corrected chi connectivity index (χ2v) is 5.02. The lowest BCUT2D eigenvalue weighted by Crippen LogP contribution is -2.21. The average molecular weight is 327 g/mol. The lowest BCUT2D eigenvalue weighted by atomic mass is 10.1. The van der Waals surface area contributed by atoms with Crippen molar-refractivity contribution < 1.29 is 8.78 Å². The third-order valence-corrected chi connectivity index (χ3v) is 3.23. The number of nitrogens with two attached hydrogens (primary N) is 1. The van der Waals surface area contributed by atoms with Crippen LogP contribution in [0.2, 0.25) is 0 Å². The fourth-order valence-corrected chi connectivity index (χ4v) is 2.22. The Labute approximate surface area is 118 Å². The van der Waals surface area contributed by atoms with Crippen LogP contribution in [0.4, 0.5) is 14.5 Å². The number of halogens is 3. The van der Waals surface area contributed by atoms with E-state index < -0.39 is 17.7 Å². The molecule has 2 nitrogen and oxygen atoms in total. The minimum Gasteiger partial charge on any atom is -0.377 e. The fourth-order valence-electron chi connectivity index (χ4n) is 1.82. The van der Waals surface area contributed by atoms with Crippen LogP contribution in [0.25, 0.3) is 0 Å². The zero-order chi connectivity index (χ0) is 13.8. The molecule has 0 radical (unpaired) electrons. The molecule has 0 amide bonds. The fraction of sp³-hybridized carbons (Fsp3) is 0.143. The maximum absolute atomic E-state index is 13.7. The van der Waals surface area contributed by atoms with Crippen LogP contribution in [0.15, 0.2) is 46.9 Å². The Morgan fingerprint density at radius 3 is 2.63 bits per heavy atom. The number of rotatable bonds is 4. The second kappa shape index (κ2) is 6.12. The molecule has 0 aromatic heterocycles. The molecule has 3 N–H and O–H groups in total. The molecule has 0 spiro atoms. The minimum atomic E-state index is -0.481. The van der Waals surface area contributed by atoms with Gasteiger partial charge in [-0.15, -0.1) is 0 Å². The topological polar surface area (TPSA) is 38.0 Å². The van der Waals surface area contributed by atoms with Gasteiger partial charge in [-0.05, 0) is 36.4 Å². The van der Waals surface area contributed by atoms with Gasteiger partial charge < -0.3 is 11.1 Å². The minimum absolute atomic E-state index is 0.160. The van der Waals surface area contributed by atoms with Crippen molar-refractivity contribution >= 4 is 21.6 Å². The molecule has 0 heterocycles. The summed E-state index contributed by atoms with van der Waals surface area (Å²) in [5, 5.41) is 3.09. The monoisotopic (exact) mass is 326 g/mol. The largest absolute Gasteiger partial charge is 0.377 e. The predicted molar refractivity (Wildman–Crippen MR) is 75.9 cm³/mol. The third kappa shape index (κ3) is 3.52. The summed E-state index contributed by atoms with van der Waals surface area (Å²) in [6.07, 6.45) is 0. The maximum atomic E-state index is 13.7. The zero-order valence-electron chi connectivity index (χ0n) is 10.0. The SMILES string of the molecule is NCC(Nc1cccc(Br)c1)c1cc(F)ccc1F. The van der Waals surface area contributed by atoms with Crippen LogP contribution in [-0.2, 0) is 0 Å². The van der Waals surface area contributed by atoms with E-state index in [1.165, 1.54) is 0 Å². The van der Waals surface area contributed by atoms with Crippen LogP contribution in [-0.4, -0.2) is 6.54 Å². The van der Waals surface area contributed by atoms with E-state index in [9.17, 15) is 8.78 Å². The molecule has 19 heavy (non-hydrogen) atoms. The summed E-state index contributed by atoms with van der Waals surface area (Å²) >= 11 is 3.35. The van der Waals surface area contributed by atoms with Crippen molar-refractivity contribution in [1.29, 1.82) is 0 Å². The van der Waals surface area contributed by atoms with Crippen LogP contribution in [0.3, 0.4) is 0 Å². The van der Waals surface area contributed by atoms with Crippen LogP contribution in [0, 0.1) is 11.6 Å². The predicted octanol–water partition coefficient (Wildman–Crippen LogP) is 3.84. The molecule has 0 bridgehead atoms. The normalized spacial score (nSPS) is 12.2. The highest BCUT2D eigenvalue weighted by molar-refractivity contribution is 9.10. The van der Waals surface area contributed by atoms with Gasteiger partial charge in [-0.1, -0.05) is 22.0 Å². The molecule has 2 aromatic carbocycles. The highest BCUT2D eigenvalue weighted by atomic mass is 79.9.